The molecule has 7 nitrogen and oxygen atoms in total. The summed E-state index contributed by atoms with van der Waals surface area (Å²) < 4.78 is 4.36. The van der Waals surface area contributed by atoms with E-state index in [9.17, 15) is 14.9 Å². The molecule has 0 radical (unpaired) electrons. The van der Waals surface area contributed by atoms with E-state index in [1.54, 1.807) is 7.05 Å². The molecule has 156 valence electrons. The third-order valence-electron chi connectivity index (χ3n) is 5.98. The molecule has 30 heavy (non-hydrogen) atoms. The maximum absolute atomic E-state index is 13.2. The van der Waals surface area contributed by atoms with E-state index in [1.165, 1.54) is 11.6 Å². The molecular formula is C22H24ClN5O2. The zero-order chi connectivity index (χ0) is 21.6. The Morgan fingerprint density at radius 2 is 1.90 bits per heavy atom. The van der Waals surface area contributed by atoms with Crippen molar-refractivity contribution in [3.05, 3.63) is 61.3 Å². The van der Waals surface area contributed by atoms with Crippen molar-refractivity contribution in [2.24, 2.45) is 20.0 Å². The molecule has 1 fully saturated rings. The van der Waals surface area contributed by atoms with Gasteiger partial charge in [-0.3, -0.25) is 13.9 Å². The van der Waals surface area contributed by atoms with Gasteiger partial charge in [-0.15, -0.1) is 0 Å². The summed E-state index contributed by atoms with van der Waals surface area (Å²) in [5.41, 5.74) is 1.09. The zero-order valence-corrected chi connectivity index (χ0v) is 18.1. The fraction of sp³-hybridized carbons (Fsp3) is 0.409. The number of fused-ring (bicyclic) bond motifs is 1. The van der Waals surface area contributed by atoms with Crippen LogP contribution < -0.4 is 16.1 Å². The lowest BCUT2D eigenvalue weighted by Gasteiger charge is -2.33. The number of halogens is 1. The van der Waals surface area contributed by atoms with Crippen molar-refractivity contribution in [1.29, 1.82) is 5.26 Å². The van der Waals surface area contributed by atoms with Crippen LogP contribution in [0.3, 0.4) is 0 Å². The van der Waals surface area contributed by atoms with Gasteiger partial charge in [0.15, 0.2) is 0 Å². The van der Waals surface area contributed by atoms with Gasteiger partial charge >= 0.3 is 5.69 Å². The summed E-state index contributed by atoms with van der Waals surface area (Å²) in [7, 11) is 3.07. The molecule has 4 rings (SSSR count). The average molecular weight is 426 g/mol. The number of anilines is 1. The first kappa shape index (κ1) is 20.3. The largest absolute Gasteiger partial charge is 0.357 e. The molecule has 3 aromatic rings. The molecule has 1 aliphatic heterocycles. The molecule has 1 aliphatic rings. The molecule has 0 N–H and O–H groups in total. The number of nitriles is 1. The van der Waals surface area contributed by atoms with Gasteiger partial charge in [-0.1, -0.05) is 36.7 Å². The lowest BCUT2D eigenvalue weighted by Crippen LogP contribution is -2.38. The monoisotopic (exact) mass is 425 g/mol. The summed E-state index contributed by atoms with van der Waals surface area (Å²) in [4.78, 5) is 28.0. The summed E-state index contributed by atoms with van der Waals surface area (Å²) in [6.45, 7) is 4.12. The fourth-order valence-electron chi connectivity index (χ4n) is 4.47. The first-order valence-electron chi connectivity index (χ1n) is 10.1. The van der Waals surface area contributed by atoms with Crippen LogP contribution in [0.4, 0.5) is 5.82 Å². The standard InChI is InChI=1S/C22H24ClN5O2/c1-14-7-6-10-27(12-14)20-16(11-24)18-19(21(29)26(3)22(30)25(18)2)28(20)13-15-8-4-5-9-17(15)23/h4-5,8-9,14H,6-7,10,12-13H2,1-3H3/t14-/m1/s1. The second kappa shape index (κ2) is 7.69. The van der Waals surface area contributed by atoms with Crippen molar-refractivity contribution in [2.45, 2.75) is 26.3 Å². The molecule has 1 atom stereocenters. The summed E-state index contributed by atoms with van der Waals surface area (Å²) in [5.74, 6) is 1.17. The van der Waals surface area contributed by atoms with E-state index in [0.29, 0.717) is 39.9 Å². The number of nitrogens with zero attached hydrogens (tertiary/aromatic N) is 5. The van der Waals surface area contributed by atoms with Crippen LogP contribution in [0.1, 0.15) is 30.9 Å². The Morgan fingerprint density at radius 1 is 1.17 bits per heavy atom. The highest BCUT2D eigenvalue weighted by Crippen LogP contribution is 2.34. The number of aromatic nitrogens is 3. The predicted octanol–water partition coefficient (Wildman–Crippen LogP) is 2.85. The fourth-order valence-corrected chi connectivity index (χ4v) is 4.66. The van der Waals surface area contributed by atoms with Crippen molar-refractivity contribution in [1.82, 2.24) is 13.7 Å². The number of aryl methyl sites for hydroxylation is 1. The van der Waals surface area contributed by atoms with Crippen LogP contribution in [-0.4, -0.2) is 26.8 Å². The normalized spacial score (nSPS) is 16.8. The summed E-state index contributed by atoms with van der Waals surface area (Å²) in [6.07, 6.45) is 2.14. The molecule has 0 aliphatic carbocycles. The van der Waals surface area contributed by atoms with E-state index < -0.39 is 11.2 Å². The number of hydrogen-bond donors (Lipinski definition) is 0. The van der Waals surface area contributed by atoms with E-state index in [-0.39, 0.29) is 0 Å². The van der Waals surface area contributed by atoms with Crippen LogP contribution in [0.5, 0.6) is 0 Å². The van der Waals surface area contributed by atoms with Crippen LogP contribution in [0.2, 0.25) is 5.02 Å². The minimum absolute atomic E-state index is 0.339. The van der Waals surface area contributed by atoms with E-state index >= 15 is 0 Å². The van der Waals surface area contributed by atoms with Crippen LogP contribution >= 0.6 is 11.6 Å². The molecule has 0 spiro atoms. The third-order valence-corrected chi connectivity index (χ3v) is 6.35. The van der Waals surface area contributed by atoms with Crippen LogP contribution in [0, 0.1) is 17.2 Å². The molecule has 0 amide bonds. The Balaban J connectivity index is 2.10. The molecule has 0 unspecified atom stereocenters. The van der Waals surface area contributed by atoms with Crippen molar-refractivity contribution >= 4 is 28.5 Å². The minimum Gasteiger partial charge on any atom is -0.357 e. The van der Waals surface area contributed by atoms with Crippen molar-refractivity contribution in [3.8, 4) is 6.07 Å². The molecule has 1 saturated heterocycles. The maximum atomic E-state index is 13.2. The molecule has 2 aromatic heterocycles. The van der Waals surface area contributed by atoms with Gasteiger partial charge in [-0.05, 0) is 30.4 Å². The van der Waals surface area contributed by atoms with Gasteiger partial charge in [0.25, 0.3) is 5.56 Å². The van der Waals surface area contributed by atoms with E-state index in [2.05, 4.69) is 17.9 Å². The van der Waals surface area contributed by atoms with Crippen molar-refractivity contribution in [2.75, 3.05) is 18.0 Å². The Kier molecular flexibility index (Phi) is 5.20. The van der Waals surface area contributed by atoms with Gasteiger partial charge in [-0.25, -0.2) is 4.79 Å². The Bertz CT molecular complexity index is 1290. The molecule has 0 saturated carbocycles. The number of hydrogen-bond acceptors (Lipinski definition) is 4. The van der Waals surface area contributed by atoms with Crippen LogP contribution in [-0.2, 0) is 20.6 Å². The highest BCUT2D eigenvalue weighted by molar-refractivity contribution is 6.31. The Hall–Kier alpha value is -2.98. The molecule has 8 heteroatoms. The number of piperidine rings is 1. The predicted molar refractivity (Wildman–Crippen MR) is 118 cm³/mol. The van der Waals surface area contributed by atoms with Crippen molar-refractivity contribution < 1.29 is 0 Å². The first-order chi connectivity index (χ1) is 14.3. The number of benzene rings is 1. The van der Waals surface area contributed by atoms with Gasteiger partial charge in [0, 0.05) is 32.2 Å². The van der Waals surface area contributed by atoms with Crippen LogP contribution in [0.15, 0.2) is 33.9 Å². The van der Waals surface area contributed by atoms with Crippen LogP contribution in [0.25, 0.3) is 11.0 Å². The number of rotatable bonds is 3. The Morgan fingerprint density at radius 3 is 2.57 bits per heavy atom. The minimum atomic E-state index is -0.447. The molecule has 1 aromatic carbocycles. The summed E-state index contributed by atoms with van der Waals surface area (Å²) in [6, 6.07) is 9.76. The molecule has 3 heterocycles. The van der Waals surface area contributed by atoms with E-state index in [4.69, 9.17) is 11.6 Å². The lowest BCUT2D eigenvalue weighted by molar-refractivity contribution is 0.441. The molecular weight excluding hydrogens is 402 g/mol. The first-order valence-corrected chi connectivity index (χ1v) is 10.4. The average Bonchev–Trinajstić information content (AvgIpc) is 3.06. The van der Waals surface area contributed by atoms with E-state index in [1.807, 2.05) is 28.8 Å². The SMILES string of the molecule is C[C@@H]1CCCN(c2c(C#N)c3c(c(=O)n(C)c(=O)n3C)n2Cc2ccccc2Cl)C1. The second-order valence-corrected chi connectivity index (χ2v) is 8.49. The molecule has 0 bridgehead atoms. The zero-order valence-electron chi connectivity index (χ0n) is 17.4. The highest BCUT2D eigenvalue weighted by atomic mass is 35.5. The summed E-state index contributed by atoms with van der Waals surface area (Å²) in [5, 5.41) is 10.7. The van der Waals surface area contributed by atoms with Gasteiger partial charge in [-0.2, -0.15) is 5.26 Å². The maximum Gasteiger partial charge on any atom is 0.331 e. The van der Waals surface area contributed by atoms with Gasteiger partial charge in [0.2, 0.25) is 0 Å². The third kappa shape index (κ3) is 3.12. The topological polar surface area (TPSA) is 76.0 Å². The quantitative estimate of drug-likeness (QED) is 0.646. The highest BCUT2D eigenvalue weighted by Gasteiger charge is 2.29. The second-order valence-electron chi connectivity index (χ2n) is 8.08. The summed E-state index contributed by atoms with van der Waals surface area (Å²) >= 11 is 6.42. The Labute approximate surface area is 179 Å². The smallest absolute Gasteiger partial charge is 0.331 e. The van der Waals surface area contributed by atoms with Crippen molar-refractivity contribution in [3.63, 3.8) is 0 Å². The van der Waals surface area contributed by atoms with Gasteiger partial charge < -0.3 is 9.47 Å². The van der Waals surface area contributed by atoms with Gasteiger partial charge in [0.1, 0.15) is 23.0 Å². The van der Waals surface area contributed by atoms with E-state index in [0.717, 1.165) is 36.1 Å². The van der Waals surface area contributed by atoms with Gasteiger partial charge in [0.05, 0.1) is 12.1 Å². The lowest BCUT2D eigenvalue weighted by atomic mass is 10.00.